The van der Waals surface area contributed by atoms with Crippen LogP contribution < -0.4 is 87.5 Å². The number of methoxy groups -OCH3 is 6. The van der Waals surface area contributed by atoms with Gasteiger partial charge in [0.05, 0.1) is 92.1 Å². The normalized spacial score (nSPS) is 10.3. The van der Waals surface area contributed by atoms with Gasteiger partial charge < -0.3 is 75.3 Å². The minimum atomic E-state index is -4.84. The van der Waals surface area contributed by atoms with Crippen molar-refractivity contribution in [2.24, 2.45) is 0 Å². The van der Waals surface area contributed by atoms with Gasteiger partial charge >= 0.3 is 59.1 Å². The van der Waals surface area contributed by atoms with Crippen LogP contribution in [0.15, 0.2) is 271 Å². The van der Waals surface area contributed by atoms with E-state index in [9.17, 15) is 91.0 Å². The number of carbonyl (C=O) groups excluding carboxylic acids is 6. The smallest absolute Gasteiger partial charge is 1.00 e. The minimum Gasteiger partial charge on any atom is -1.00 e. The maximum absolute atomic E-state index is 12.3. The van der Waals surface area contributed by atoms with Crippen LogP contribution in [-0.4, -0.2) is 144 Å². The van der Waals surface area contributed by atoms with Crippen LogP contribution in [0, 0.1) is 0 Å². The Bertz CT molecular complexity index is 5480. The first kappa shape index (κ1) is 93.6. The fourth-order valence-electron chi connectivity index (χ4n) is 10.1. The molecule has 0 aliphatic carbocycles. The van der Waals surface area contributed by atoms with Crippen LogP contribution in [-0.2, 0) is 20.2 Å². The second-order valence-electron chi connectivity index (χ2n) is 23.1. The predicted molar refractivity (Wildman–Crippen MR) is 414 cm³/mol. The van der Waals surface area contributed by atoms with Crippen LogP contribution in [0.25, 0.3) is 0 Å². The van der Waals surface area contributed by atoms with Crippen molar-refractivity contribution in [3.63, 3.8) is 0 Å². The first-order valence-corrected chi connectivity index (χ1v) is 36.0. The molecule has 0 fully saturated rings. The Morgan fingerprint density at radius 3 is 0.826 bits per heavy atom. The standard InChI is InChI=1S/C15H14O5.2C14H12O6S.C14H12O4.C14H12O3.C13H9ClO2.2Na.H/c1-19-9-3-5-11(13(16)7-9)15(18)12-6-4-10(20-2)8-14(12)17;2*1-20-12-8-11(15)10(7-13(12)21(17,18)19)14(16)9-5-3-2-4-6-9;1-18-9-6-7-11(13(16)8-9)14(17)10-4-2-3-5-12(10)15;1-17-11-7-8-12(13(15)9-11)14(16)10-5-3-2-4-6-10;14-10-6-7-12(15)11(8-10)13(16)9-4-2-1-3-5-9;;;/h3-8,16-17H,1-2H3;2*2-8,15H,1H3,(H,17,18,19);2-8,15-16H,1H3;2-9,15H,1H3;1-8,15H;;;/q;;;;;;2*+1;-1/p-1. The summed E-state index contributed by atoms with van der Waals surface area (Å²) in [5, 5.41) is 78.5. The largest absolute Gasteiger partial charge is 1.00 e. The van der Waals surface area contributed by atoms with Gasteiger partial charge in [0, 0.05) is 63.7 Å². The van der Waals surface area contributed by atoms with E-state index in [1.54, 1.807) is 133 Å². The summed E-state index contributed by atoms with van der Waals surface area (Å²) in [6.07, 6.45) is 0. The number of rotatable bonds is 20. The van der Waals surface area contributed by atoms with Crippen molar-refractivity contribution < 1.29 is 185 Å². The maximum Gasteiger partial charge on any atom is 1.00 e. The molecule has 0 bridgehead atoms. The monoisotopic (exact) mass is 1640 g/mol. The van der Waals surface area contributed by atoms with Crippen molar-refractivity contribution in [1.82, 2.24) is 0 Å². The molecule has 31 heteroatoms. The number of ketones is 6. The number of halogens is 1. The van der Waals surface area contributed by atoms with E-state index in [0.717, 1.165) is 31.4 Å². The Labute approximate surface area is 710 Å². The zero-order chi connectivity index (χ0) is 82.9. The van der Waals surface area contributed by atoms with Crippen LogP contribution in [0.5, 0.6) is 80.5 Å². The number of phenols is 8. The van der Waals surface area contributed by atoms with Gasteiger partial charge in [-0.1, -0.05) is 145 Å². The maximum atomic E-state index is 12.3. The third-order valence-electron chi connectivity index (χ3n) is 15.9. The molecule has 0 aliphatic rings. The van der Waals surface area contributed by atoms with Gasteiger partial charge in [-0.3, -0.25) is 33.3 Å². The molecule has 26 nitrogen and oxygen atoms in total. The summed E-state index contributed by atoms with van der Waals surface area (Å²) in [6.45, 7) is 0. The molecule has 0 aromatic heterocycles. The van der Waals surface area contributed by atoms with Crippen molar-refractivity contribution in [2.75, 3.05) is 42.7 Å². The summed E-state index contributed by atoms with van der Waals surface area (Å²) in [6, 6.07) is 65.6. The zero-order valence-corrected chi connectivity index (χ0v) is 68.9. The number of benzene rings is 12. The van der Waals surface area contributed by atoms with E-state index in [2.05, 4.69) is 0 Å². The van der Waals surface area contributed by atoms with Gasteiger partial charge in [0.1, 0.15) is 95.5 Å². The van der Waals surface area contributed by atoms with Crippen molar-refractivity contribution in [3.8, 4) is 80.5 Å². The molecule has 584 valence electrons. The molecule has 0 unspecified atom stereocenters. The summed E-state index contributed by atoms with van der Waals surface area (Å²) >= 11 is 5.79. The molecule has 0 saturated heterocycles. The summed E-state index contributed by atoms with van der Waals surface area (Å²) in [4.78, 5) is 71.7. The molecule has 0 heterocycles. The van der Waals surface area contributed by atoms with Crippen molar-refractivity contribution in [1.29, 1.82) is 0 Å². The molecular formula is C84H71ClNa2O26S2. The van der Waals surface area contributed by atoms with Crippen molar-refractivity contribution in [3.05, 3.63) is 333 Å². The van der Waals surface area contributed by atoms with Gasteiger partial charge in [-0.05, 0) is 91.0 Å². The minimum absolute atomic E-state index is 0. The molecule has 0 saturated carbocycles. The number of ether oxygens (including phenoxy) is 6. The third-order valence-corrected chi connectivity index (χ3v) is 17.9. The van der Waals surface area contributed by atoms with E-state index >= 15 is 0 Å². The molecule has 0 aliphatic heterocycles. The van der Waals surface area contributed by atoms with E-state index in [1.165, 1.54) is 127 Å². The molecule has 0 radical (unpaired) electrons. The van der Waals surface area contributed by atoms with Crippen LogP contribution in [0.3, 0.4) is 0 Å². The molecule has 12 aromatic rings. The van der Waals surface area contributed by atoms with Crippen molar-refractivity contribution >= 4 is 66.5 Å². The number of phenolic OH excluding ortho intramolecular Hbond substituents is 8. The van der Waals surface area contributed by atoms with E-state index in [-0.39, 0.29) is 174 Å². The summed E-state index contributed by atoms with van der Waals surface area (Å²) < 4.78 is 94.8. The molecule has 9 N–H and O–H groups in total. The first-order chi connectivity index (χ1) is 53.8. The van der Waals surface area contributed by atoms with Gasteiger partial charge in [-0.15, -0.1) is 0 Å². The Balaban J connectivity index is 0.000000292. The SMILES string of the molecule is COc1cc(O)c(C(=O)c2ccccc2)cc1S(=O)(=O)O.COc1cc(O)c(C(=O)c2ccccc2)cc1S(=O)(=O)[O-].COc1ccc(C(=O)c2ccc(OC)cc2O)c(O)c1.COc1ccc(C(=O)c2ccccc2)c(O)c1.COc1ccc(C(=O)c2ccccc2O)c(O)c1.O=C(c1ccccc1)c1cc(Cl)ccc1O.[H-].[Na+].[Na+]. The van der Waals surface area contributed by atoms with Crippen LogP contribution >= 0.6 is 11.6 Å². The average molecular weight is 1640 g/mol. The Hall–Kier alpha value is -12.0. The van der Waals surface area contributed by atoms with E-state index in [0.29, 0.717) is 39.1 Å². The molecule has 12 aromatic carbocycles. The predicted octanol–water partition coefficient (Wildman–Crippen LogP) is 8.13. The van der Waals surface area contributed by atoms with Gasteiger partial charge in [0.2, 0.25) is 0 Å². The van der Waals surface area contributed by atoms with Gasteiger partial charge in [-0.25, -0.2) is 8.42 Å². The fraction of sp³-hybridized carbons (Fsp3) is 0.0714. The van der Waals surface area contributed by atoms with Crippen LogP contribution in [0.4, 0.5) is 0 Å². The fourth-order valence-corrected chi connectivity index (χ4v) is 11.6. The molecule has 0 atom stereocenters. The molecule has 12 rings (SSSR count). The van der Waals surface area contributed by atoms with Gasteiger partial charge in [0.25, 0.3) is 10.1 Å². The van der Waals surface area contributed by atoms with Crippen LogP contribution in [0.1, 0.15) is 97.0 Å². The summed E-state index contributed by atoms with van der Waals surface area (Å²) in [7, 11) is -1.18. The molecular weight excluding hydrogens is 1570 g/mol. The summed E-state index contributed by atoms with van der Waals surface area (Å²) in [5.74, 6) is -2.95. The average Bonchev–Trinajstić information content (AvgIpc) is 0.785. The van der Waals surface area contributed by atoms with E-state index < -0.39 is 64.7 Å². The number of para-hydroxylation sites is 1. The third kappa shape index (κ3) is 25.5. The Kier molecular flexibility index (Phi) is 35.7. The summed E-state index contributed by atoms with van der Waals surface area (Å²) in [5.41, 5.74) is 2.04. The zero-order valence-electron chi connectivity index (χ0n) is 63.5. The van der Waals surface area contributed by atoms with E-state index in [4.69, 9.17) is 44.6 Å². The molecule has 115 heavy (non-hydrogen) atoms. The topological polar surface area (TPSA) is 431 Å². The molecule has 0 spiro atoms. The Morgan fingerprint density at radius 1 is 0.287 bits per heavy atom. The first-order valence-electron chi connectivity index (χ1n) is 32.8. The van der Waals surface area contributed by atoms with E-state index in [1.807, 2.05) is 12.1 Å². The number of aromatic hydroxyl groups is 8. The Morgan fingerprint density at radius 2 is 0.539 bits per heavy atom. The number of hydrogen-bond acceptors (Lipinski definition) is 25. The van der Waals surface area contributed by atoms with Crippen LogP contribution in [0.2, 0.25) is 5.02 Å². The van der Waals surface area contributed by atoms with Crippen molar-refractivity contribution in [2.45, 2.75) is 9.79 Å². The second kappa shape index (κ2) is 43.9. The second-order valence-corrected chi connectivity index (χ2v) is 26.3. The number of carbonyl (C=O) groups is 6. The van der Waals surface area contributed by atoms with Gasteiger partial charge in [0.15, 0.2) is 34.7 Å². The quantitative estimate of drug-likeness (QED) is 0.0197. The molecule has 0 amide bonds. The van der Waals surface area contributed by atoms with Gasteiger partial charge in [-0.2, -0.15) is 8.42 Å². The number of hydrogen-bond donors (Lipinski definition) is 9.